The normalized spacial score (nSPS) is 19.6. The molecule has 0 saturated carbocycles. The van der Waals surface area contributed by atoms with Gasteiger partial charge in [0.1, 0.15) is 6.04 Å². The highest BCUT2D eigenvalue weighted by Crippen LogP contribution is 2.29. The van der Waals surface area contributed by atoms with Gasteiger partial charge >= 0.3 is 5.97 Å². The molecule has 1 aromatic carbocycles. The smallest absolute Gasteiger partial charge is 0.322 e. The molecule has 0 spiro atoms. The summed E-state index contributed by atoms with van der Waals surface area (Å²) in [6.45, 7) is 1.58. The summed E-state index contributed by atoms with van der Waals surface area (Å²) in [6.07, 6.45) is 0.739. The maximum Gasteiger partial charge on any atom is 0.322 e. The monoisotopic (exact) mass is 314 g/mol. The zero-order valence-electron chi connectivity index (χ0n) is 11.2. The summed E-state index contributed by atoms with van der Waals surface area (Å²) in [5.74, 6) is -1.18. The van der Waals surface area contributed by atoms with Crippen molar-refractivity contribution in [3.05, 3.63) is 33.9 Å². The quantitative estimate of drug-likeness (QED) is 0.657. The van der Waals surface area contributed by atoms with Gasteiger partial charge < -0.3 is 5.11 Å². The van der Waals surface area contributed by atoms with E-state index in [-0.39, 0.29) is 29.1 Å². The molecule has 1 saturated heterocycles. The molecule has 1 fully saturated rings. The highest BCUT2D eigenvalue weighted by Gasteiger charge is 2.40. The third-order valence-corrected chi connectivity index (χ3v) is 5.51. The number of aryl methyl sites for hydroxylation is 1. The van der Waals surface area contributed by atoms with Crippen molar-refractivity contribution >= 4 is 21.7 Å². The molecule has 0 amide bonds. The fourth-order valence-electron chi connectivity index (χ4n) is 2.44. The van der Waals surface area contributed by atoms with Crippen molar-refractivity contribution in [2.75, 3.05) is 6.54 Å². The molecule has 1 aliphatic rings. The second-order valence-electron chi connectivity index (χ2n) is 4.82. The van der Waals surface area contributed by atoms with Gasteiger partial charge in [-0.3, -0.25) is 14.9 Å². The molecule has 1 N–H and O–H groups in total. The van der Waals surface area contributed by atoms with E-state index in [4.69, 9.17) is 5.11 Å². The van der Waals surface area contributed by atoms with Crippen LogP contribution in [0, 0.1) is 17.0 Å². The van der Waals surface area contributed by atoms with Crippen molar-refractivity contribution in [3.63, 3.8) is 0 Å². The Bertz CT molecular complexity index is 700. The predicted molar refractivity (Wildman–Crippen MR) is 72.4 cm³/mol. The van der Waals surface area contributed by atoms with Crippen molar-refractivity contribution in [2.45, 2.75) is 30.7 Å². The zero-order valence-corrected chi connectivity index (χ0v) is 12.0. The molecule has 9 heteroatoms. The molecule has 0 unspecified atom stereocenters. The van der Waals surface area contributed by atoms with Gasteiger partial charge in [0.15, 0.2) is 0 Å². The summed E-state index contributed by atoms with van der Waals surface area (Å²) in [5, 5.41) is 19.8. The standard InChI is InChI=1S/C12H14N2O6S/c1-8-7-9(14(17)18)4-5-11(8)21(19,20)13-6-2-3-10(13)12(15)16/h4-5,7,10H,2-3,6H2,1H3,(H,15,16)/t10-/m1/s1. The number of nitro benzene ring substituents is 1. The molecule has 1 aliphatic heterocycles. The Balaban J connectivity index is 2.45. The van der Waals surface area contributed by atoms with Crippen molar-refractivity contribution in [2.24, 2.45) is 0 Å². The number of hydrogen-bond donors (Lipinski definition) is 1. The maximum absolute atomic E-state index is 12.5. The fourth-order valence-corrected chi connectivity index (χ4v) is 4.30. The number of hydrogen-bond acceptors (Lipinski definition) is 5. The summed E-state index contributed by atoms with van der Waals surface area (Å²) in [7, 11) is -3.98. The Labute approximate surface area is 121 Å². The summed E-state index contributed by atoms with van der Waals surface area (Å²) < 4.78 is 26.0. The summed E-state index contributed by atoms with van der Waals surface area (Å²) in [6, 6.07) is 2.34. The number of rotatable bonds is 4. The fraction of sp³-hybridized carbons (Fsp3) is 0.417. The molecule has 21 heavy (non-hydrogen) atoms. The van der Waals surface area contributed by atoms with Crippen LogP contribution in [0.3, 0.4) is 0 Å². The second-order valence-corrected chi connectivity index (χ2v) is 6.68. The van der Waals surface area contributed by atoms with Crippen LogP contribution in [0.5, 0.6) is 0 Å². The second kappa shape index (κ2) is 5.41. The number of carboxylic acids is 1. The molecule has 8 nitrogen and oxygen atoms in total. The lowest BCUT2D eigenvalue weighted by molar-refractivity contribution is -0.385. The van der Waals surface area contributed by atoms with E-state index in [0.29, 0.717) is 6.42 Å². The lowest BCUT2D eigenvalue weighted by Crippen LogP contribution is -2.40. The minimum absolute atomic E-state index is 0.0961. The molecule has 0 aliphatic carbocycles. The first-order chi connectivity index (χ1) is 9.75. The molecule has 0 aromatic heterocycles. The Morgan fingerprint density at radius 2 is 2.14 bits per heavy atom. The number of carboxylic acid groups (broad SMARTS) is 1. The van der Waals surface area contributed by atoms with Gasteiger partial charge in [0.05, 0.1) is 9.82 Å². The number of non-ortho nitro benzene ring substituents is 1. The Morgan fingerprint density at radius 3 is 2.67 bits per heavy atom. The van der Waals surface area contributed by atoms with Crippen LogP contribution in [-0.4, -0.2) is 41.3 Å². The van der Waals surface area contributed by atoms with Gasteiger partial charge in [-0.15, -0.1) is 0 Å². The predicted octanol–water partition coefficient (Wildman–Crippen LogP) is 1.14. The van der Waals surface area contributed by atoms with E-state index in [1.807, 2.05) is 0 Å². The highest BCUT2D eigenvalue weighted by molar-refractivity contribution is 7.89. The van der Waals surface area contributed by atoms with Gasteiger partial charge in [0.25, 0.3) is 5.69 Å². The van der Waals surface area contributed by atoms with Crippen LogP contribution in [0.15, 0.2) is 23.1 Å². The molecule has 1 heterocycles. The Morgan fingerprint density at radius 1 is 1.48 bits per heavy atom. The highest BCUT2D eigenvalue weighted by atomic mass is 32.2. The van der Waals surface area contributed by atoms with Crippen molar-refractivity contribution in [1.82, 2.24) is 4.31 Å². The minimum Gasteiger partial charge on any atom is -0.480 e. The van der Waals surface area contributed by atoms with E-state index in [1.54, 1.807) is 0 Å². The number of carbonyl (C=O) groups is 1. The zero-order chi connectivity index (χ0) is 15.8. The Kier molecular flexibility index (Phi) is 3.97. The maximum atomic E-state index is 12.5. The SMILES string of the molecule is Cc1cc([N+](=O)[O-])ccc1S(=O)(=O)N1CCC[C@@H]1C(=O)O. The van der Waals surface area contributed by atoms with Crippen LogP contribution in [0.1, 0.15) is 18.4 Å². The van der Waals surface area contributed by atoms with Crippen molar-refractivity contribution in [1.29, 1.82) is 0 Å². The summed E-state index contributed by atoms with van der Waals surface area (Å²) >= 11 is 0. The van der Waals surface area contributed by atoms with Crippen LogP contribution >= 0.6 is 0 Å². The topological polar surface area (TPSA) is 118 Å². The lowest BCUT2D eigenvalue weighted by Gasteiger charge is -2.21. The number of sulfonamides is 1. The van der Waals surface area contributed by atoms with Gasteiger partial charge in [-0.25, -0.2) is 8.42 Å². The van der Waals surface area contributed by atoms with Gasteiger partial charge in [-0.2, -0.15) is 4.31 Å². The molecule has 1 aromatic rings. The molecule has 0 bridgehead atoms. The molecular weight excluding hydrogens is 300 g/mol. The largest absolute Gasteiger partial charge is 0.480 e. The number of benzene rings is 1. The molecule has 2 rings (SSSR count). The van der Waals surface area contributed by atoms with Crippen LogP contribution < -0.4 is 0 Å². The van der Waals surface area contributed by atoms with E-state index in [9.17, 15) is 23.3 Å². The van der Waals surface area contributed by atoms with Gasteiger partial charge in [0, 0.05) is 18.7 Å². The van der Waals surface area contributed by atoms with Crippen molar-refractivity contribution in [3.8, 4) is 0 Å². The summed E-state index contributed by atoms with van der Waals surface area (Å²) in [4.78, 5) is 21.1. The van der Waals surface area contributed by atoms with Crippen LogP contribution in [-0.2, 0) is 14.8 Å². The molecule has 1 atom stereocenters. The molecule has 0 radical (unpaired) electrons. The van der Waals surface area contributed by atoms with Crippen LogP contribution in [0.4, 0.5) is 5.69 Å². The first kappa shape index (κ1) is 15.4. The Hall–Kier alpha value is -2.00. The van der Waals surface area contributed by atoms with Gasteiger partial charge in [0.2, 0.25) is 10.0 Å². The lowest BCUT2D eigenvalue weighted by atomic mass is 10.2. The minimum atomic E-state index is -3.98. The van der Waals surface area contributed by atoms with Gasteiger partial charge in [-0.1, -0.05) is 0 Å². The van der Waals surface area contributed by atoms with E-state index < -0.39 is 27.0 Å². The number of nitrogens with zero attached hydrogens (tertiary/aromatic N) is 2. The first-order valence-electron chi connectivity index (χ1n) is 6.25. The molecular formula is C12H14N2O6S. The van der Waals surface area contributed by atoms with E-state index in [2.05, 4.69) is 0 Å². The van der Waals surface area contributed by atoms with E-state index in [0.717, 1.165) is 16.4 Å². The van der Waals surface area contributed by atoms with Crippen LogP contribution in [0.2, 0.25) is 0 Å². The number of nitro groups is 1. The van der Waals surface area contributed by atoms with Crippen LogP contribution in [0.25, 0.3) is 0 Å². The number of aliphatic carboxylic acids is 1. The third kappa shape index (κ3) is 2.74. The average Bonchev–Trinajstić information content (AvgIpc) is 2.88. The summed E-state index contributed by atoms with van der Waals surface area (Å²) in [5.41, 5.74) is 0.0166. The molecule has 114 valence electrons. The van der Waals surface area contributed by atoms with Crippen molar-refractivity contribution < 1.29 is 23.2 Å². The van der Waals surface area contributed by atoms with Gasteiger partial charge in [-0.05, 0) is 31.4 Å². The average molecular weight is 314 g/mol. The van der Waals surface area contributed by atoms with E-state index in [1.165, 1.54) is 13.0 Å². The third-order valence-electron chi connectivity index (χ3n) is 3.44. The first-order valence-corrected chi connectivity index (χ1v) is 7.69. The van der Waals surface area contributed by atoms with E-state index >= 15 is 0 Å².